The van der Waals surface area contributed by atoms with E-state index in [-0.39, 0.29) is 29.6 Å². The Kier molecular flexibility index (Phi) is 26.0. The summed E-state index contributed by atoms with van der Waals surface area (Å²) in [6.45, 7) is 0. The first kappa shape index (κ1) is 75.9. The maximum absolute atomic E-state index is 14.5. The Balaban J connectivity index is 0.000000130. The van der Waals surface area contributed by atoms with Gasteiger partial charge in [0.25, 0.3) is 0 Å². The molecule has 0 bridgehead atoms. The number of halogens is 3. The van der Waals surface area contributed by atoms with Crippen molar-refractivity contribution in [2.24, 2.45) is 0 Å². The summed E-state index contributed by atoms with van der Waals surface area (Å²) in [7, 11) is 0. The molecular weight excluding hydrogens is 1520 g/mol. The summed E-state index contributed by atoms with van der Waals surface area (Å²) in [6, 6.07) is 62.4. The maximum Gasteiger partial charge on any atom is 0.222 e. The number of nitrogens with one attached hydrogen (secondary N) is 4. The van der Waals surface area contributed by atoms with Crippen LogP contribution in [-0.2, 0) is 0 Å². The molecule has 0 aliphatic heterocycles. The Labute approximate surface area is 663 Å². The van der Waals surface area contributed by atoms with Crippen molar-refractivity contribution in [1.29, 1.82) is 0 Å². The van der Waals surface area contributed by atoms with Crippen LogP contribution in [0.4, 0.5) is 74.2 Å². The molecule has 0 aliphatic rings. The Morgan fingerprint density at radius 2 is 0.577 bits per heavy atom. The van der Waals surface area contributed by atoms with Gasteiger partial charge in [-0.25, -0.2) is 24.3 Å². The molecule has 31 heteroatoms. The topological polar surface area (TPSA) is 358 Å². The number of benzene rings is 4. The normalized spacial score (nSPS) is 10.6. The molecule has 0 aliphatic carbocycles. The molecular formula is C80H61Cl2FN24S4. The van der Waals surface area contributed by atoms with Gasteiger partial charge in [0.15, 0.2) is 0 Å². The van der Waals surface area contributed by atoms with Gasteiger partial charge in [-0.05, 0) is 176 Å². The molecule has 0 saturated carbocycles. The van der Waals surface area contributed by atoms with Gasteiger partial charge in [0.1, 0.15) is 29.1 Å². The molecule has 16 aromatic rings. The number of hydrogen-bond acceptors (Lipinski definition) is 28. The smallest absolute Gasteiger partial charge is 0.222 e. The van der Waals surface area contributed by atoms with Crippen LogP contribution in [0.2, 0.25) is 10.0 Å². The quantitative estimate of drug-likeness (QED) is 0.0351. The van der Waals surface area contributed by atoms with E-state index in [9.17, 15) is 4.39 Å². The average Bonchev–Trinajstić information content (AvgIpc) is 0.815. The molecule has 0 atom stereocenters. The standard InChI is InChI=1S/C20H14Cl2N6S.C20H15FN6S.2C20H16N6S/c21-15-9-13(10-16(22)19(15)29-14-3-7-25-8-4-14)26-18-11-17(27-20(23)28-18)12-1-5-24-6-2-12;21-16-11-14(1-2-18(16)28-15-5-9-24-10-6-15)25-19-12-17(26-20(22)27-19)13-3-7-23-8-4-13;21-20-25-18(14-5-9-22-10-6-14)13-19(26-20)24-15-1-3-16(4-2-15)27-17-7-11-23-12-8-17;21-20-25-18(14-2-1-9-23-13-14)12-19(26-20)24-15-3-5-16(6-4-15)27-17-7-10-22-11-8-17/h1-11H,(H3,23,26,27,28);1-12H,(H3,22,25,26,27);2*1-13H,(H3,21,24,25,26). The third-order valence-corrected chi connectivity index (χ3v) is 20.2. The number of anilines is 12. The lowest BCUT2D eigenvalue weighted by atomic mass is 10.2. The number of rotatable bonds is 20. The van der Waals surface area contributed by atoms with Crippen LogP contribution < -0.4 is 44.2 Å². The zero-order valence-electron chi connectivity index (χ0n) is 58.0. The minimum absolute atomic E-state index is 0.127. The lowest BCUT2D eigenvalue weighted by Crippen LogP contribution is -2.02. The number of nitrogen functional groups attached to an aromatic ring is 4. The molecule has 0 radical (unpaired) electrons. The first-order chi connectivity index (χ1) is 54.3. The van der Waals surface area contributed by atoms with Crippen molar-refractivity contribution in [3.8, 4) is 45.0 Å². The zero-order valence-corrected chi connectivity index (χ0v) is 62.8. The van der Waals surface area contributed by atoms with E-state index in [0.29, 0.717) is 61.0 Å². The van der Waals surface area contributed by atoms with E-state index >= 15 is 0 Å². The molecule has 0 fully saturated rings. The maximum atomic E-state index is 14.5. The van der Waals surface area contributed by atoms with Crippen LogP contribution in [-0.4, -0.2) is 79.7 Å². The van der Waals surface area contributed by atoms with Gasteiger partial charge in [-0.3, -0.25) is 39.9 Å². The number of pyridine rings is 8. The van der Waals surface area contributed by atoms with Crippen molar-refractivity contribution in [2.75, 3.05) is 44.2 Å². The van der Waals surface area contributed by atoms with E-state index in [1.165, 1.54) is 29.6 Å². The molecule has 12 heterocycles. The van der Waals surface area contributed by atoms with Gasteiger partial charge in [-0.1, -0.05) is 70.2 Å². The predicted octanol–water partition coefficient (Wildman–Crippen LogP) is 19.1. The summed E-state index contributed by atoms with van der Waals surface area (Å²) >= 11 is 19.1. The van der Waals surface area contributed by atoms with Crippen molar-refractivity contribution >= 4 is 140 Å². The van der Waals surface area contributed by atoms with Crippen LogP contribution in [0.1, 0.15) is 0 Å². The number of nitrogens with zero attached hydrogens (tertiary/aromatic N) is 16. The van der Waals surface area contributed by atoms with Crippen LogP contribution >= 0.6 is 70.2 Å². The average molecular weight is 1580 g/mol. The number of nitrogens with two attached hydrogens (primary N) is 4. The molecule has 0 amide bonds. The van der Waals surface area contributed by atoms with E-state index < -0.39 is 0 Å². The fourth-order valence-electron chi connectivity index (χ4n) is 10.1. The summed E-state index contributed by atoms with van der Waals surface area (Å²) < 4.78 is 14.5. The number of hydrogen-bond donors (Lipinski definition) is 8. The third kappa shape index (κ3) is 22.6. The van der Waals surface area contributed by atoms with Gasteiger partial charge in [-0.15, -0.1) is 0 Å². The summed E-state index contributed by atoms with van der Waals surface area (Å²) in [6.07, 6.45) is 27.6. The van der Waals surface area contributed by atoms with Crippen molar-refractivity contribution in [1.82, 2.24) is 79.7 Å². The summed E-state index contributed by atoms with van der Waals surface area (Å²) in [5.41, 5.74) is 32.9. The highest BCUT2D eigenvalue weighted by atomic mass is 35.5. The van der Waals surface area contributed by atoms with Gasteiger partial charge >= 0.3 is 0 Å². The second-order valence-electron chi connectivity index (χ2n) is 23.0. The van der Waals surface area contributed by atoms with Gasteiger partial charge in [0.05, 0.1) is 32.8 Å². The van der Waals surface area contributed by atoms with Crippen molar-refractivity contribution in [3.63, 3.8) is 0 Å². The fourth-order valence-corrected chi connectivity index (χ4v) is 14.1. The molecule has 4 aromatic carbocycles. The fraction of sp³-hybridized carbons (Fsp3) is 0. The molecule has 546 valence electrons. The van der Waals surface area contributed by atoms with Crippen LogP contribution in [0.15, 0.2) is 339 Å². The highest BCUT2D eigenvalue weighted by Gasteiger charge is 2.15. The van der Waals surface area contributed by atoms with Crippen molar-refractivity contribution in [2.45, 2.75) is 39.2 Å². The minimum atomic E-state index is -0.330. The molecule has 12 aromatic heterocycles. The third-order valence-electron chi connectivity index (χ3n) is 15.1. The van der Waals surface area contributed by atoms with E-state index in [1.807, 2.05) is 133 Å². The Hall–Kier alpha value is -13.3. The van der Waals surface area contributed by atoms with Crippen molar-refractivity contribution < 1.29 is 4.39 Å². The highest BCUT2D eigenvalue weighted by molar-refractivity contribution is 8.00. The van der Waals surface area contributed by atoms with Crippen molar-refractivity contribution in [3.05, 3.63) is 315 Å². The Morgan fingerprint density at radius 1 is 0.270 bits per heavy atom. The molecule has 24 nitrogen and oxygen atoms in total. The number of aromatic nitrogens is 16. The minimum Gasteiger partial charge on any atom is -0.368 e. The van der Waals surface area contributed by atoms with E-state index in [0.717, 1.165) is 79.3 Å². The SMILES string of the molecule is Nc1nc(Nc2cc(Cl)c(Sc3ccncc3)c(Cl)c2)cc(-c2ccncc2)n1.Nc1nc(Nc2ccc(Sc3ccncc3)c(F)c2)cc(-c2ccncc2)n1.Nc1nc(Nc2ccc(Sc3ccncc3)cc2)cc(-c2cccnc2)n1.Nc1nc(Nc2ccc(Sc3ccncc3)cc2)cc(-c2ccncc2)n1. The van der Waals surface area contributed by atoms with Gasteiger partial charge in [0.2, 0.25) is 23.8 Å². The van der Waals surface area contributed by atoms with E-state index in [1.54, 1.807) is 159 Å². The lowest BCUT2D eigenvalue weighted by molar-refractivity contribution is 0.602. The van der Waals surface area contributed by atoms with Crippen LogP contribution in [0, 0.1) is 5.82 Å². The molecule has 111 heavy (non-hydrogen) atoms. The largest absolute Gasteiger partial charge is 0.368 e. The monoisotopic (exact) mass is 1570 g/mol. The molecule has 0 unspecified atom stereocenters. The Bertz CT molecular complexity index is 5500. The summed E-state index contributed by atoms with van der Waals surface area (Å²) in [5, 5.41) is 13.9. The van der Waals surface area contributed by atoms with Crippen LogP contribution in [0.5, 0.6) is 0 Å². The molecule has 16 rings (SSSR count). The highest BCUT2D eigenvalue weighted by Crippen LogP contribution is 2.42. The summed E-state index contributed by atoms with van der Waals surface area (Å²) in [5.74, 6) is 2.67. The second kappa shape index (κ2) is 38.0. The van der Waals surface area contributed by atoms with E-state index in [2.05, 4.69) is 125 Å². The molecule has 12 N–H and O–H groups in total. The molecule has 0 saturated heterocycles. The first-order valence-corrected chi connectivity index (χ1v) is 37.4. The zero-order chi connectivity index (χ0) is 76.5. The lowest BCUT2D eigenvalue weighted by Gasteiger charge is -2.12. The summed E-state index contributed by atoms with van der Waals surface area (Å²) in [4.78, 5) is 74.1. The first-order valence-electron chi connectivity index (χ1n) is 33.4. The van der Waals surface area contributed by atoms with Crippen LogP contribution in [0.3, 0.4) is 0 Å². The Morgan fingerprint density at radius 3 is 0.928 bits per heavy atom. The second-order valence-corrected chi connectivity index (χ2v) is 28.3. The van der Waals surface area contributed by atoms with Gasteiger partial charge in [-0.2, -0.15) is 19.9 Å². The predicted molar refractivity (Wildman–Crippen MR) is 441 cm³/mol. The molecule has 0 spiro atoms. The van der Waals surface area contributed by atoms with Gasteiger partial charge in [0, 0.05) is 208 Å². The van der Waals surface area contributed by atoms with Gasteiger partial charge < -0.3 is 44.2 Å². The van der Waals surface area contributed by atoms with Crippen LogP contribution in [0.25, 0.3) is 45.0 Å². The van der Waals surface area contributed by atoms with E-state index in [4.69, 9.17) is 46.1 Å².